The van der Waals surface area contributed by atoms with E-state index in [0.29, 0.717) is 0 Å². The molecule has 10 N–H and O–H groups in total. The third-order valence-electron chi connectivity index (χ3n) is 0. The fraction of sp³-hybridized carbons (Fsp3) is 0. The summed E-state index contributed by atoms with van der Waals surface area (Å²) in [5.74, 6) is 0. The molecule has 0 fully saturated rings. The first kappa shape index (κ1) is 94.6. The molecule has 58 valence electrons. The van der Waals surface area contributed by atoms with Crippen molar-refractivity contribution in [3.63, 3.8) is 0 Å². The van der Waals surface area contributed by atoms with Gasteiger partial charge in [-0.25, -0.2) is 0 Å². The maximum absolute atomic E-state index is 8.35. The van der Waals surface area contributed by atoms with Crippen LogP contribution in [0.2, 0.25) is 0 Å². The minimum atomic E-state index is -1.08. The topological polar surface area (TPSA) is 198 Å². The minimum Gasteiger partial charge on any atom is -0.772 e. The first-order valence-corrected chi connectivity index (χ1v) is 1.10. The van der Waals surface area contributed by atoms with Crippen molar-refractivity contribution in [1.29, 1.82) is 0 Å². The van der Waals surface area contributed by atoms with Gasteiger partial charge in [-0.2, -0.15) is 0 Å². The predicted molar refractivity (Wildman–Crippen MR) is 25.7 cm³/mol. The molecular weight excluding hydrogens is 166 g/mol. The van der Waals surface area contributed by atoms with Crippen molar-refractivity contribution < 1.29 is 66.4 Å². The minimum absolute atomic E-state index is 0. The zero-order valence-corrected chi connectivity index (χ0v) is 7.66. The molecule has 0 saturated heterocycles. The molecule has 7 nitrogen and oxygen atoms in total. The first-order chi connectivity index (χ1) is 1.41. The molecule has 0 atom stereocenters. The van der Waals surface area contributed by atoms with E-state index < -0.39 is 8.69 Å². The molecule has 0 aromatic rings. The van der Waals surface area contributed by atoms with E-state index in [1.165, 1.54) is 0 Å². The number of hydrogen-bond acceptors (Lipinski definition) is 2. The van der Waals surface area contributed by atoms with Gasteiger partial charge in [0.25, 0.3) is 0 Å². The predicted octanol–water partition coefficient (Wildman–Crippen LogP) is -7.57. The standard InChI is InChI=1S/Na.HO2P.5H2O/c;1-3-2;;;;;/h;(H,1,2);5*1H2/q+1;;;;;;/p-1. The molecule has 0 spiro atoms. The number of rotatable bonds is 0. The van der Waals surface area contributed by atoms with Crippen molar-refractivity contribution in [3.8, 4) is 0 Å². The Bertz CT molecular complexity index is 16.4. The van der Waals surface area contributed by atoms with E-state index in [4.69, 9.17) is 9.46 Å². The van der Waals surface area contributed by atoms with Crippen LogP contribution >= 0.6 is 8.69 Å². The molecule has 0 aliphatic rings. The zero-order chi connectivity index (χ0) is 2.71. The van der Waals surface area contributed by atoms with Gasteiger partial charge in [-0.05, 0) is 0 Å². The summed E-state index contributed by atoms with van der Waals surface area (Å²) in [6.45, 7) is 0. The summed E-state index contributed by atoms with van der Waals surface area (Å²) in [5.41, 5.74) is 0. The normalized spacial score (nSPS) is 2.33. The molecule has 0 bridgehead atoms. The van der Waals surface area contributed by atoms with Crippen LogP contribution in [0.3, 0.4) is 0 Å². The van der Waals surface area contributed by atoms with Gasteiger partial charge in [0.05, 0.1) is 8.69 Å². The molecule has 0 saturated carbocycles. The van der Waals surface area contributed by atoms with E-state index in [9.17, 15) is 0 Å². The average molecular weight is 176 g/mol. The summed E-state index contributed by atoms with van der Waals surface area (Å²) in [5, 5.41) is 0. The Morgan fingerprint density at radius 2 is 0.889 bits per heavy atom. The van der Waals surface area contributed by atoms with Crippen LogP contribution in [0.25, 0.3) is 0 Å². The van der Waals surface area contributed by atoms with Gasteiger partial charge in [-0.15, -0.1) is 0 Å². The Kier molecular flexibility index (Phi) is 1660. The van der Waals surface area contributed by atoms with Crippen LogP contribution in [-0.4, -0.2) is 27.4 Å². The SMILES string of the molecule is O.O.O.O.O.O=P[O-].[Na+]. The molecule has 0 heterocycles. The summed E-state index contributed by atoms with van der Waals surface area (Å²) in [7, 11) is -1.08. The monoisotopic (exact) mass is 176 g/mol. The maximum Gasteiger partial charge on any atom is 1.00 e. The van der Waals surface area contributed by atoms with E-state index in [0.717, 1.165) is 0 Å². The molecule has 0 aliphatic heterocycles. The third kappa shape index (κ3) is 564. The molecule has 9 heavy (non-hydrogen) atoms. The summed E-state index contributed by atoms with van der Waals surface area (Å²) in [6, 6.07) is 0. The molecule has 0 rings (SSSR count). The van der Waals surface area contributed by atoms with Gasteiger partial charge in [0.1, 0.15) is 0 Å². The van der Waals surface area contributed by atoms with Crippen LogP contribution in [0.1, 0.15) is 0 Å². The Balaban J connectivity index is -0.00000000133. The third-order valence-corrected chi connectivity index (χ3v) is 0. The van der Waals surface area contributed by atoms with Crippen LogP contribution in [0, 0.1) is 0 Å². The molecule has 0 aromatic carbocycles. The fourth-order valence-electron chi connectivity index (χ4n) is 0. The van der Waals surface area contributed by atoms with Crippen molar-refractivity contribution in [1.82, 2.24) is 0 Å². The van der Waals surface area contributed by atoms with E-state index in [1.54, 1.807) is 0 Å². The second-order valence-corrected chi connectivity index (χ2v) is 0.224. The quantitative estimate of drug-likeness (QED) is 0.261. The van der Waals surface area contributed by atoms with E-state index in [2.05, 4.69) is 0 Å². The smallest absolute Gasteiger partial charge is 0.772 e. The second-order valence-electron chi connectivity index (χ2n) is 0.0745. The Morgan fingerprint density at radius 1 is 0.889 bits per heavy atom. The van der Waals surface area contributed by atoms with Gasteiger partial charge < -0.3 is 32.3 Å². The summed E-state index contributed by atoms with van der Waals surface area (Å²) >= 11 is 0. The summed E-state index contributed by atoms with van der Waals surface area (Å²) in [4.78, 5) is 8.35. The van der Waals surface area contributed by atoms with Crippen LogP contribution in [0.15, 0.2) is 0 Å². The van der Waals surface area contributed by atoms with Gasteiger partial charge in [0.2, 0.25) is 0 Å². The largest absolute Gasteiger partial charge is 1.00 e. The fourth-order valence-corrected chi connectivity index (χ4v) is 0. The molecule has 0 aliphatic carbocycles. The van der Waals surface area contributed by atoms with Crippen molar-refractivity contribution in [2.24, 2.45) is 0 Å². The van der Waals surface area contributed by atoms with Crippen LogP contribution in [-0.2, 0) is 4.57 Å². The zero-order valence-electron chi connectivity index (χ0n) is 4.76. The van der Waals surface area contributed by atoms with E-state index in [-0.39, 0.29) is 56.9 Å². The van der Waals surface area contributed by atoms with Gasteiger partial charge >= 0.3 is 29.6 Å². The first-order valence-electron chi connectivity index (χ1n) is 0.365. The Morgan fingerprint density at radius 3 is 0.889 bits per heavy atom. The van der Waals surface area contributed by atoms with Gasteiger partial charge in [-0.3, -0.25) is 4.57 Å². The van der Waals surface area contributed by atoms with Crippen LogP contribution in [0.5, 0.6) is 0 Å². The van der Waals surface area contributed by atoms with E-state index in [1.807, 2.05) is 0 Å². The molecule has 0 amide bonds. The average Bonchev–Trinajstić information content (AvgIpc) is 0.918. The Labute approximate surface area is 75.2 Å². The molecular formula is H10NaO7P. The van der Waals surface area contributed by atoms with Gasteiger partial charge in [0.15, 0.2) is 0 Å². The molecule has 0 radical (unpaired) electrons. The molecule has 9 heteroatoms. The number of hydrogen-bond donors (Lipinski definition) is 0. The van der Waals surface area contributed by atoms with Crippen molar-refractivity contribution in [3.05, 3.63) is 0 Å². The summed E-state index contributed by atoms with van der Waals surface area (Å²) < 4.78 is 8.35. The van der Waals surface area contributed by atoms with Crippen molar-refractivity contribution in [2.75, 3.05) is 0 Å². The molecule has 0 unspecified atom stereocenters. The van der Waals surface area contributed by atoms with Gasteiger partial charge in [0, 0.05) is 0 Å². The van der Waals surface area contributed by atoms with Crippen molar-refractivity contribution in [2.45, 2.75) is 0 Å². The Hall–Kier alpha value is 0.860. The van der Waals surface area contributed by atoms with E-state index >= 15 is 0 Å². The maximum atomic E-state index is 8.35. The van der Waals surface area contributed by atoms with Crippen LogP contribution in [0.4, 0.5) is 0 Å². The summed E-state index contributed by atoms with van der Waals surface area (Å²) in [6.07, 6.45) is 0. The van der Waals surface area contributed by atoms with Crippen molar-refractivity contribution >= 4 is 8.69 Å². The van der Waals surface area contributed by atoms with Crippen LogP contribution < -0.4 is 34.5 Å². The van der Waals surface area contributed by atoms with Gasteiger partial charge in [-0.1, -0.05) is 0 Å². The second kappa shape index (κ2) is 158. The molecule has 0 aromatic heterocycles.